The van der Waals surface area contributed by atoms with E-state index in [0.29, 0.717) is 25.4 Å². The average molecular weight is 309 g/mol. The van der Waals surface area contributed by atoms with Crippen molar-refractivity contribution >= 4 is 5.91 Å². The number of oxazole rings is 1. The highest BCUT2D eigenvalue weighted by Crippen LogP contribution is 2.24. The van der Waals surface area contributed by atoms with Crippen molar-refractivity contribution in [1.29, 1.82) is 0 Å². The van der Waals surface area contributed by atoms with Gasteiger partial charge in [0, 0.05) is 25.5 Å². The Morgan fingerprint density at radius 1 is 1.36 bits per heavy atom. The number of hydrogen-bond donors (Lipinski definition) is 2. The lowest BCUT2D eigenvalue weighted by Gasteiger charge is -2.02. The van der Waals surface area contributed by atoms with E-state index in [4.69, 9.17) is 10.2 Å². The number of carbonyl (C=O) groups is 1. The van der Waals surface area contributed by atoms with Crippen molar-refractivity contribution in [3.05, 3.63) is 41.9 Å². The van der Waals surface area contributed by atoms with Crippen LogP contribution in [0, 0.1) is 11.6 Å². The number of amides is 1. The van der Waals surface area contributed by atoms with E-state index in [1.807, 2.05) is 0 Å². The van der Waals surface area contributed by atoms with E-state index in [2.05, 4.69) is 10.3 Å². The summed E-state index contributed by atoms with van der Waals surface area (Å²) in [5.74, 6) is -0.970. The molecule has 2 rings (SSSR count). The summed E-state index contributed by atoms with van der Waals surface area (Å²) in [6.45, 7) is 1.06. The van der Waals surface area contributed by atoms with Crippen molar-refractivity contribution in [3.63, 3.8) is 0 Å². The summed E-state index contributed by atoms with van der Waals surface area (Å²) >= 11 is 0. The number of nitrogens with two attached hydrogens (primary N) is 1. The molecule has 0 aliphatic heterocycles. The second kappa shape index (κ2) is 7.65. The topological polar surface area (TPSA) is 81.1 Å². The van der Waals surface area contributed by atoms with Gasteiger partial charge in [-0.2, -0.15) is 0 Å². The predicted octanol–water partition coefficient (Wildman–Crippen LogP) is 2.02. The van der Waals surface area contributed by atoms with Crippen LogP contribution in [0.2, 0.25) is 0 Å². The molecule has 0 unspecified atom stereocenters. The number of nitrogens with zero attached hydrogens (tertiary/aromatic N) is 1. The smallest absolute Gasteiger partial charge is 0.220 e. The van der Waals surface area contributed by atoms with Crippen LogP contribution in [-0.4, -0.2) is 24.0 Å². The maximum atomic E-state index is 13.6. The van der Waals surface area contributed by atoms with Crippen molar-refractivity contribution in [2.75, 3.05) is 13.1 Å². The van der Waals surface area contributed by atoms with Gasteiger partial charge in [-0.15, -0.1) is 0 Å². The van der Waals surface area contributed by atoms with Crippen molar-refractivity contribution in [1.82, 2.24) is 10.3 Å². The van der Waals surface area contributed by atoms with Crippen LogP contribution in [0.1, 0.15) is 18.7 Å². The highest BCUT2D eigenvalue weighted by atomic mass is 19.1. The first-order chi connectivity index (χ1) is 10.6. The van der Waals surface area contributed by atoms with Gasteiger partial charge in [-0.1, -0.05) is 0 Å². The van der Waals surface area contributed by atoms with E-state index in [1.165, 1.54) is 12.3 Å². The molecule has 5 nitrogen and oxygen atoms in total. The zero-order chi connectivity index (χ0) is 15.9. The van der Waals surface area contributed by atoms with Crippen LogP contribution in [0.3, 0.4) is 0 Å². The van der Waals surface area contributed by atoms with Crippen molar-refractivity contribution < 1.29 is 18.0 Å². The Labute approximate surface area is 126 Å². The van der Waals surface area contributed by atoms with Crippen LogP contribution in [0.15, 0.2) is 28.8 Å². The first-order valence-corrected chi connectivity index (χ1v) is 6.97. The molecule has 0 atom stereocenters. The quantitative estimate of drug-likeness (QED) is 0.767. The van der Waals surface area contributed by atoms with Crippen molar-refractivity contribution in [3.8, 4) is 11.3 Å². The summed E-state index contributed by atoms with van der Waals surface area (Å²) in [4.78, 5) is 15.5. The lowest BCUT2D eigenvalue weighted by Crippen LogP contribution is -2.26. The van der Waals surface area contributed by atoms with Gasteiger partial charge in [0.05, 0.1) is 11.8 Å². The molecule has 1 aromatic heterocycles. The summed E-state index contributed by atoms with van der Waals surface area (Å²) in [5.41, 5.74) is 5.46. The summed E-state index contributed by atoms with van der Waals surface area (Å²) in [7, 11) is 0. The van der Waals surface area contributed by atoms with Gasteiger partial charge in [-0.25, -0.2) is 13.8 Å². The molecule has 2 aromatic rings. The van der Waals surface area contributed by atoms with Crippen molar-refractivity contribution in [2.24, 2.45) is 5.73 Å². The maximum Gasteiger partial charge on any atom is 0.220 e. The lowest BCUT2D eigenvalue weighted by molar-refractivity contribution is -0.121. The Kier molecular flexibility index (Phi) is 5.60. The Morgan fingerprint density at radius 3 is 2.91 bits per heavy atom. The molecule has 0 radical (unpaired) electrons. The Bertz CT molecular complexity index is 643. The molecule has 0 saturated carbocycles. The van der Waals surface area contributed by atoms with Gasteiger partial charge in [0.15, 0.2) is 11.7 Å². The molecule has 0 aliphatic carbocycles. The normalized spacial score (nSPS) is 10.7. The van der Waals surface area contributed by atoms with Gasteiger partial charge in [0.1, 0.15) is 11.6 Å². The summed E-state index contributed by atoms with van der Waals surface area (Å²) in [5, 5.41) is 2.72. The number of carbonyl (C=O) groups excluding carboxylic acids is 1. The SMILES string of the molecule is NCCCNC(=O)CCc1ncc(-c2ccc(F)cc2F)o1. The molecule has 118 valence electrons. The fourth-order valence-electron chi connectivity index (χ4n) is 1.88. The molecule has 0 saturated heterocycles. The standard InChI is InChI=1S/C15H17F2N3O2/c16-10-2-3-11(12(17)8-10)13-9-20-15(22-13)5-4-14(21)19-7-1-6-18/h2-3,8-9H,1,4-7,18H2,(H,19,21). The number of aromatic nitrogens is 1. The van der Waals surface area contributed by atoms with E-state index in [0.717, 1.165) is 18.6 Å². The third-order valence-electron chi connectivity index (χ3n) is 3.02. The van der Waals surface area contributed by atoms with Crippen LogP contribution in [0.25, 0.3) is 11.3 Å². The first kappa shape index (κ1) is 16.1. The zero-order valence-electron chi connectivity index (χ0n) is 11.9. The number of benzene rings is 1. The van der Waals surface area contributed by atoms with Crippen LogP contribution >= 0.6 is 0 Å². The molecule has 0 spiro atoms. The van der Waals surface area contributed by atoms with E-state index in [-0.39, 0.29) is 23.7 Å². The summed E-state index contributed by atoms with van der Waals surface area (Å²) < 4.78 is 31.9. The molecule has 3 N–H and O–H groups in total. The minimum atomic E-state index is -0.720. The number of hydrogen-bond acceptors (Lipinski definition) is 4. The highest BCUT2D eigenvalue weighted by molar-refractivity contribution is 5.76. The number of aryl methyl sites for hydroxylation is 1. The van der Waals surface area contributed by atoms with Crippen LogP contribution in [-0.2, 0) is 11.2 Å². The highest BCUT2D eigenvalue weighted by Gasteiger charge is 2.12. The molecule has 0 aliphatic rings. The summed E-state index contributed by atoms with van der Waals surface area (Å²) in [6.07, 6.45) is 2.60. The fourth-order valence-corrected chi connectivity index (χ4v) is 1.88. The second-order valence-electron chi connectivity index (χ2n) is 4.73. The van der Waals surface area contributed by atoms with E-state index < -0.39 is 11.6 Å². The van der Waals surface area contributed by atoms with Gasteiger partial charge < -0.3 is 15.5 Å². The molecular formula is C15H17F2N3O2. The minimum Gasteiger partial charge on any atom is -0.441 e. The molecule has 0 fully saturated rings. The molecule has 1 amide bonds. The third-order valence-corrected chi connectivity index (χ3v) is 3.02. The monoisotopic (exact) mass is 309 g/mol. The third kappa shape index (κ3) is 4.36. The van der Waals surface area contributed by atoms with Gasteiger partial charge >= 0.3 is 0 Å². The van der Waals surface area contributed by atoms with Crippen LogP contribution in [0.5, 0.6) is 0 Å². The van der Waals surface area contributed by atoms with Crippen LogP contribution in [0.4, 0.5) is 8.78 Å². The molecule has 1 heterocycles. The van der Waals surface area contributed by atoms with Gasteiger partial charge in [-0.05, 0) is 25.1 Å². The van der Waals surface area contributed by atoms with E-state index in [1.54, 1.807) is 0 Å². The maximum absolute atomic E-state index is 13.6. The van der Waals surface area contributed by atoms with Gasteiger partial charge in [0.25, 0.3) is 0 Å². The molecule has 7 heteroatoms. The minimum absolute atomic E-state index is 0.124. The molecule has 0 bridgehead atoms. The lowest BCUT2D eigenvalue weighted by atomic mass is 10.2. The Morgan fingerprint density at radius 2 is 2.18 bits per heavy atom. The van der Waals surface area contributed by atoms with Gasteiger partial charge in [-0.3, -0.25) is 4.79 Å². The molecule has 1 aromatic carbocycles. The number of rotatable bonds is 7. The largest absolute Gasteiger partial charge is 0.441 e. The second-order valence-corrected chi connectivity index (χ2v) is 4.73. The predicted molar refractivity (Wildman–Crippen MR) is 76.9 cm³/mol. The van der Waals surface area contributed by atoms with E-state index in [9.17, 15) is 13.6 Å². The number of nitrogens with one attached hydrogen (secondary N) is 1. The zero-order valence-corrected chi connectivity index (χ0v) is 11.9. The average Bonchev–Trinajstić information content (AvgIpc) is 2.94. The van der Waals surface area contributed by atoms with Crippen molar-refractivity contribution in [2.45, 2.75) is 19.3 Å². The first-order valence-electron chi connectivity index (χ1n) is 6.97. The molecular weight excluding hydrogens is 292 g/mol. The van der Waals surface area contributed by atoms with Crippen LogP contribution < -0.4 is 11.1 Å². The van der Waals surface area contributed by atoms with E-state index >= 15 is 0 Å². The Hall–Kier alpha value is -2.28. The number of halogens is 2. The summed E-state index contributed by atoms with van der Waals surface area (Å²) in [6, 6.07) is 3.21. The fraction of sp³-hybridized carbons (Fsp3) is 0.333. The van der Waals surface area contributed by atoms with Gasteiger partial charge in [0.2, 0.25) is 5.91 Å². The Balaban J connectivity index is 1.93. The molecule has 22 heavy (non-hydrogen) atoms.